The summed E-state index contributed by atoms with van der Waals surface area (Å²) < 4.78 is 0. The highest BCUT2D eigenvalue weighted by Crippen LogP contribution is 2.20. The van der Waals surface area contributed by atoms with Crippen LogP contribution in [-0.4, -0.2) is 37.8 Å². The highest BCUT2D eigenvalue weighted by molar-refractivity contribution is 5.55. The van der Waals surface area contributed by atoms with Crippen LogP contribution < -0.4 is 16.0 Å². The van der Waals surface area contributed by atoms with Crippen molar-refractivity contribution in [3.63, 3.8) is 0 Å². The second-order valence-corrected chi connectivity index (χ2v) is 5.64. The van der Waals surface area contributed by atoms with Gasteiger partial charge in [-0.3, -0.25) is 0 Å². The average molecular weight is 301 g/mol. The van der Waals surface area contributed by atoms with Gasteiger partial charge in [0.2, 0.25) is 0 Å². The zero-order valence-electron chi connectivity index (χ0n) is 13.3. The zero-order valence-corrected chi connectivity index (χ0v) is 13.3. The number of benzene rings is 1. The summed E-state index contributed by atoms with van der Waals surface area (Å²) in [6.45, 7) is 4.85. The lowest BCUT2D eigenvalue weighted by atomic mass is 10.1. The van der Waals surface area contributed by atoms with E-state index >= 15 is 0 Å². The zero-order chi connectivity index (χ0) is 15.6. The van der Waals surface area contributed by atoms with Gasteiger partial charge in [-0.25, -0.2) is 0 Å². The number of piperazine rings is 1. The van der Waals surface area contributed by atoms with Crippen LogP contribution in [0, 0.1) is 11.8 Å². The number of anilines is 1. The van der Waals surface area contributed by atoms with Gasteiger partial charge < -0.3 is 21.1 Å². The Hall–Kier alpha value is -1.54. The number of nitrogens with two attached hydrogens (primary N) is 1. The van der Waals surface area contributed by atoms with Crippen molar-refractivity contribution in [3.05, 3.63) is 29.3 Å². The normalized spacial score (nSPS) is 14.5. The van der Waals surface area contributed by atoms with Crippen molar-refractivity contribution in [1.82, 2.24) is 5.32 Å². The van der Waals surface area contributed by atoms with Gasteiger partial charge in [-0.1, -0.05) is 18.3 Å². The second kappa shape index (κ2) is 9.47. The van der Waals surface area contributed by atoms with Gasteiger partial charge >= 0.3 is 0 Å². The molecule has 4 nitrogen and oxygen atoms in total. The first-order valence-electron chi connectivity index (χ1n) is 8.23. The summed E-state index contributed by atoms with van der Waals surface area (Å²) in [5, 5.41) is 13.0. The maximum Gasteiger partial charge on any atom is 0.0694 e. The molecule has 0 radical (unpaired) electrons. The van der Waals surface area contributed by atoms with Crippen LogP contribution >= 0.6 is 0 Å². The summed E-state index contributed by atoms with van der Waals surface area (Å²) in [5.41, 5.74) is 8.52. The molecule has 1 aliphatic rings. The number of hydrogen-bond acceptors (Lipinski definition) is 4. The minimum Gasteiger partial charge on any atom is -0.392 e. The van der Waals surface area contributed by atoms with E-state index in [0.717, 1.165) is 69.5 Å². The summed E-state index contributed by atoms with van der Waals surface area (Å²) in [4.78, 5) is 2.35. The molecule has 1 aromatic carbocycles. The van der Waals surface area contributed by atoms with E-state index in [9.17, 15) is 5.11 Å². The van der Waals surface area contributed by atoms with Crippen molar-refractivity contribution >= 4 is 5.69 Å². The number of rotatable bonds is 6. The predicted octanol–water partition coefficient (Wildman–Crippen LogP) is 1.46. The molecule has 0 aromatic heterocycles. The summed E-state index contributed by atoms with van der Waals surface area (Å²) in [7, 11) is 0. The number of nitrogens with zero attached hydrogens (tertiary/aromatic N) is 1. The van der Waals surface area contributed by atoms with E-state index in [2.05, 4.69) is 34.2 Å². The average Bonchev–Trinajstić information content (AvgIpc) is 2.59. The Morgan fingerprint density at radius 2 is 2.00 bits per heavy atom. The molecular formula is C18H27N3O. The number of hydrogen-bond donors (Lipinski definition) is 3. The van der Waals surface area contributed by atoms with Gasteiger partial charge in [0, 0.05) is 43.9 Å². The fourth-order valence-electron chi connectivity index (χ4n) is 2.64. The number of aliphatic hydroxyl groups excluding tert-OH is 1. The van der Waals surface area contributed by atoms with Crippen LogP contribution in [0.2, 0.25) is 0 Å². The van der Waals surface area contributed by atoms with Crippen LogP contribution in [0.5, 0.6) is 0 Å². The molecule has 0 amide bonds. The van der Waals surface area contributed by atoms with Gasteiger partial charge in [0.25, 0.3) is 0 Å². The van der Waals surface area contributed by atoms with Crippen molar-refractivity contribution in [2.75, 3.05) is 37.6 Å². The highest BCUT2D eigenvalue weighted by atomic mass is 16.3. The molecule has 1 aliphatic heterocycles. The van der Waals surface area contributed by atoms with Crippen LogP contribution in [0.15, 0.2) is 18.2 Å². The largest absolute Gasteiger partial charge is 0.392 e. The van der Waals surface area contributed by atoms with Crippen molar-refractivity contribution in [2.24, 2.45) is 5.73 Å². The fourth-order valence-corrected chi connectivity index (χ4v) is 2.64. The van der Waals surface area contributed by atoms with Gasteiger partial charge in [0.15, 0.2) is 0 Å². The molecule has 1 saturated heterocycles. The molecule has 1 fully saturated rings. The van der Waals surface area contributed by atoms with E-state index < -0.39 is 0 Å². The topological polar surface area (TPSA) is 61.5 Å². The SMILES string of the molecule is NCCCCCC#Cc1ccc(N2CCNCC2)cc1CO. The third kappa shape index (κ3) is 5.03. The lowest BCUT2D eigenvalue weighted by Gasteiger charge is -2.29. The van der Waals surface area contributed by atoms with Gasteiger partial charge in [0.1, 0.15) is 0 Å². The minimum atomic E-state index is 0.0388. The first kappa shape index (κ1) is 16.8. The van der Waals surface area contributed by atoms with Crippen molar-refractivity contribution in [2.45, 2.75) is 32.3 Å². The Morgan fingerprint density at radius 3 is 2.73 bits per heavy atom. The molecule has 120 valence electrons. The van der Waals surface area contributed by atoms with Crippen molar-refractivity contribution in [1.29, 1.82) is 0 Å². The Balaban J connectivity index is 1.98. The molecule has 0 atom stereocenters. The van der Waals surface area contributed by atoms with Gasteiger partial charge in [-0.05, 0) is 43.1 Å². The molecule has 22 heavy (non-hydrogen) atoms. The number of unbranched alkanes of at least 4 members (excludes halogenated alkanes) is 3. The molecule has 4 N–H and O–H groups in total. The first-order chi connectivity index (χ1) is 10.8. The van der Waals surface area contributed by atoms with Gasteiger partial charge in [-0.15, -0.1) is 0 Å². The molecule has 0 saturated carbocycles. The second-order valence-electron chi connectivity index (χ2n) is 5.64. The van der Waals surface area contributed by atoms with Gasteiger partial charge in [0.05, 0.1) is 6.61 Å². The van der Waals surface area contributed by atoms with E-state index in [0.29, 0.717) is 0 Å². The lowest BCUT2D eigenvalue weighted by molar-refractivity contribution is 0.281. The molecular weight excluding hydrogens is 274 g/mol. The minimum absolute atomic E-state index is 0.0388. The molecule has 0 spiro atoms. The van der Waals surface area contributed by atoms with E-state index in [1.807, 2.05) is 6.07 Å². The molecule has 1 aromatic rings. The summed E-state index contributed by atoms with van der Waals surface area (Å²) >= 11 is 0. The van der Waals surface area contributed by atoms with Crippen LogP contribution in [0.4, 0.5) is 5.69 Å². The standard InChI is InChI=1S/C18H27N3O/c19-9-5-3-1-2-4-6-16-7-8-18(14-17(16)15-22)21-12-10-20-11-13-21/h7-8,14,20,22H,1-3,5,9-13,15,19H2. The maximum atomic E-state index is 9.60. The number of aliphatic hydroxyl groups is 1. The molecule has 4 heteroatoms. The highest BCUT2D eigenvalue weighted by Gasteiger charge is 2.11. The predicted molar refractivity (Wildman–Crippen MR) is 91.8 cm³/mol. The Bertz CT molecular complexity index is 513. The molecule has 2 rings (SSSR count). The Kier molecular flexibility index (Phi) is 7.24. The van der Waals surface area contributed by atoms with Crippen molar-refractivity contribution < 1.29 is 5.11 Å². The van der Waals surface area contributed by atoms with Crippen LogP contribution in [0.1, 0.15) is 36.8 Å². The molecule has 0 unspecified atom stereocenters. The maximum absolute atomic E-state index is 9.60. The third-order valence-electron chi connectivity index (χ3n) is 3.97. The quantitative estimate of drug-likeness (QED) is 0.550. The molecule has 0 bridgehead atoms. The fraction of sp³-hybridized carbons (Fsp3) is 0.556. The monoisotopic (exact) mass is 301 g/mol. The first-order valence-corrected chi connectivity index (χ1v) is 8.23. The van der Waals surface area contributed by atoms with E-state index in [-0.39, 0.29) is 6.61 Å². The van der Waals surface area contributed by atoms with Crippen molar-refractivity contribution in [3.8, 4) is 11.8 Å². The van der Waals surface area contributed by atoms with E-state index in [1.54, 1.807) is 0 Å². The van der Waals surface area contributed by atoms with Crippen LogP contribution in [-0.2, 0) is 6.61 Å². The summed E-state index contributed by atoms with van der Waals surface area (Å²) in [5.74, 6) is 6.41. The van der Waals surface area contributed by atoms with E-state index in [4.69, 9.17) is 5.73 Å². The number of nitrogens with one attached hydrogen (secondary N) is 1. The smallest absolute Gasteiger partial charge is 0.0694 e. The summed E-state index contributed by atoms with van der Waals surface area (Å²) in [6.07, 6.45) is 4.20. The Labute approximate surface area is 133 Å². The van der Waals surface area contributed by atoms with Crippen LogP contribution in [0.25, 0.3) is 0 Å². The lowest BCUT2D eigenvalue weighted by Crippen LogP contribution is -2.43. The molecule has 0 aliphatic carbocycles. The third-order valence-corrected chi connectivity index (χ3v) is 3.97. The molecule has 1 heterocycles. The van der Waals surface area contributed by atoms with Gasteiger partial charge in [-0.2, -0.15) is 0 Å². The van der Waals surface area contributed by atoms with Crippen LogP contribution in [0.3, 0.4) is 0 Å². The van der Waals surface area contributed by atoms with E-state index in [1.165, 1.54) is 5.69 Å². The summed E-state index contributed by atoms with van der Waals surface area (Å²) in [6, 6.07) is 6.22. The Morgan fingerprint density at radius 1 is 1.18 bits per heavy atom.